The summed E-state index contributed by atoms with van der Waals surface area (Å²) in [5.41, 5.74) is 0.473. The van der Waals surface area contributed by atoms with Crippen LogP contribution < -0.4 is 0 Å². The average Bonchev–Trinajstić information content (AvgIpc) is 2.47. The number of halogens is 1. The lowest BCUT2D eigenvalue weighted by Crippen LogP contribution is -2.01. The first-order valence-corrected chi connectivity index (χ1v) is 9.15. The van der Waals surface area contributed by atoms with E-state index in [1.165, 1.54) is 57.4 Å². The Kier molecular flexibility index (Phi) is 13.3. The second-order valence-corrected chi connectivity index (χ2v) is 6.91. The van der Waals surface area contributed by atoms with Crippen LogP contribution in [0.15, 0.2) is 36.2 Å². The molecule has 2 atom stereocenters. The summed E-state index contributed by atoms with van der Waals surface area (Å²) in [6.07, 6.45) is 17.8. The van der Waals surface area contributed by atoms with Crippen molar-refractivity contribution in [1.29, 1.82) is 0 Å². The van der Waals surface area contributed by atoms with Crippen molar-refractivity contribution in [1.82, 2.24) is 0 Å². The van der Waals surface area contributed by atoms with Crippen molar-refractivity contribution in [2.24, 2.45) is 11.8 Å². The van der Waals surface area contributed by atoms with E-state index in [0.29, 0.717) is 5.57 Å². The molecule has 1 heteroatoms. The van der Waals surface area contributed by atoms with Crippen molar-refractivity contribution in [2.75, 3.05) is 0 Å². The number of allylic oxidation sites excluding steroid dienone is 5. The minimum Gasteiger partial charge on any atom is -0.207 e. The number of rotatable bonds is 3. The van der Waals surface area contributed by atoms with Crippen molar-refractivity contribution < 1.29 is 4.39 Å². The lowest BCUT2D eigenvalue weighted by molar-refractivity contribution is 0.367. The van der Waals surface area contributed by atoms with Crippen LogP contribution in [0.2, 0.25) is 0 Å². The van der Waals surface area contributed by atoms with E-state index in [4.69, 9.17) is 0 Å². The molecule has 0 saturated heterocycles. The second kappa shape index (κ2) is 13.8. The Labute approximate surface area is 138 Å². The van der Waals surface area contributed by atoms with Gasteiger partial charge in [-0.25, -0.2) is 4.39 Å². The molecule has 0 aromatic rings. The molecule has 0 N–H and O–H groups in total. The van der Waals surface area contributed by atoms with E-state index in [0.717, 1.165) is 18.3 Å². The van der Waals surface area contributed by atoms with Crippen LogP contribution in [-0.4, -0.2) is 0 Å². The monoisotopic (exact) mass is 308 g/mol. The first-order valence-electron chi connectivity index (χ1n) is 9.15. The fraction of sp³-hybridized carbons (Fsp3) is 0.714. The van der Waals surface area contributed by atoms with Crippen molar-refractivity contribution in [2.45, 2.75) is 85.5 Å². The molecule has 0 radical (unpaired) electrons. The lowest BCUT2D eigenvalue weighted by Gasteiger charge is -2.17. The van der Waals surface area contributed by atoms with Crippen LogP contribution in [0.1, 0.15) is 85.5 Å². The van der Waals surface area contributed by atoms with Gasteiger partial charge in [-0.05, 0) is 36.8 Å². The van der Waals surface area contributed by atoms with Crippen LogP contribution in [-0.2, 0) is 0 Å². The maximum Gasteiger partial charge on any atom is 0.125 e. The van der Waals surface area contributed by atoms with Gasteiger partial charge in [0, 0.05) is 0 Å². The number of hydrogen-bond donors (Lipinski definition) is 0. The minimum atomic E-state index is -0.246. The first-order chi connectivity index (χ1) is 10.5. The molecule has 1 aliphatic rings. The highest BCUT2D eigenvalue weighted by atomic mass is 19.1. The van der Waals surface area contributed by atoms with E-state index in [2.05, 4.69) is 20.4 Å². The van der Waals surface area contributed by atoms with E-state index in [1.54, 1.807) is 13.0 Å². The molecule has 1 aliphatic carbocycles. The van der Waals surface area contributed by atoms with Gasteiger partial charge in [0.2, 0.25) is 0 Å². The molecule has 0 nitrogen and oxygen atoms in total. The van der Waals surface area contributed by atoms with Gasteiger partial charge in [0.25, 0.3) is 0 Å². The highest BCUT2D eigenvalue weighted by Crippen LogP contribution is 2.23. The molecule has 0 aromatic carbocycles. The normalized spacial score (nSPS) is 24.5. The summed E-state index contributed by atoms with van der Waals surface area (Å²) in [5.74, 6) is 1.75. The van der Waals surface area contributed by atoms with Gasteiger partial charge in [-0.1, -0.05) is 90.9 Å². The smallest absolute Gasteiger partial charge is 0.125 e. The Bertz CT molecular complexity index is 326. The van der Waals surface area contributed by atoms with Gasteiger partial charge < -0.3 is 0 Å². The molecule has 0 bridgehead atoms. The fourth-order valence-corrected chi connectivity index (χ4v) is 2.70. The van der Waals surface area contributed by atoms with E-state index in [9.17, 15) is 4.39 Å². The Balaban J connectivity index is 0.000000409. The zero-order chi connectivity index (χ0) is 16.8. The molecule has 0 spiro atoms. The van der Waals surface area contributed by atoms with E-state index in [-0.39, 0.29) is 5.83 Å². The molecule has 0 aliphatic heterocycles. The molecule has 1 rings (SSSR count). The molecule has 1 fully saturated rings. The van der Waals surface area contributed by atoms with Crippen LogP contribution in [0.5, 0.6) is 0 Å². The Hall–Kier alpha value is -0.850. The Morgan fingerprint density at radius 2 is 1.50 bits per heavy atom. The minimum absolute atomic E-state index is 0.246. The van der Waals surface area contributed by atoms with Gasteiger partial charge in [0.15, 0.2) is 0 Å². The molecule has 22 heavy (non-hydrogen) atoms. The molecule has 1 saturated carbocycles. The van der Waals surface area contributed by atoms with Gasteiger partial charge >= 0.3 is 0 Å². The summed E-state index contributed by atoms with van der Waals surface area (Å²) in [6, 6.07) is 0. The largest absolute Gasteiger partial charge is 0.207 e. The zero-order valence-corrected chi connectivity index (χ0v) is 15.3. The quantitative estimate of drug-likeness (QED) is 0.467. The van der Waals surface area contributed by atoms with Crippen LogP contribution >= 0.6 is 0 Å². The first kappa shape index (κ1) is 21.1. The Morgan fingerprint density at radius 3 is 1.95 bits per heavy atom. The highest BCUT2D eigenvalue weighted by molar-refractivity contribution is 5.23. The van der Waals surface area contributed by atoms with Crippen LogP contribution in [0, 0.1) is 11.8 Å². The van der Waals surface area contributed by atoms with E-state index < -0.39 is 0 Å². The summed E-state index contributed by atoms with van der Waals surface area (Å²) >= 11 is 0. The third kappa shape index (κ3) is 12.9. The van der Waals surface area contributed by atoms with Crippen LogP contribution in [0.3, 0.4) is 0 Å². The SMILES string of the molecule is C=C(C)/C(F)=C\C=C/CC.CC1CCCCC[C@@H](C)CCC1. The molecule has 0 amide bonds. The molecular weight excluding hydrogens is 271 g/mol. The summed E-state index contributed by atoms with van der Waals surface area (Å²) in [7, 11) is 0. The molecular formula is C21H37F. The van der Waals surface area contributed by atoms with Crippen LogP contribution in [0.4, 0.5) is 4.39 Å². The fourth-order valence-electron chi connectivity index (χ4n) is 2.70. The van der Waals surface area contributed by atoms with Crippen molar-refractivity contribution in [3.05, 3.63) is 36.2 Å². The van der Waals surface area contributed by atoms with Crippen molar-refractivity contribution >= 4 is 0 Å². The summed E-state index contributed by atoms with van der Waals surface area (Å²) < 4.78 is 12.6. The third-order valence-corrected chi connectivity index (χ3v) is 4.31. The predicted molar refractivity (Wildman–Crippen MR) is 98.7 cm³/mol. The average molecular weight is 309 g/mol. The zero-order valence-electron chi connectivity index (χ0n) is 15.3. The van der Waals surface area contributed by atoms with Crippen molar-refractivity contribution in [3.63, 3.8) is 0 Å². The molecule has 1 unspecified atom stereocenters. The Morgan fingerprint density at radius 1 is 1.00 bits per heavy atom. The topological polar surface area (TPSA) is 0 Å². The molecule has 0 aromatic heterocycles. The summed E-state index contributed by atoms with van der Waals surface area (Å²) in [4.78, 5) is 0. The van der Waals surface area contributed by atoms with E-state index >= 15 is 0 Å². The maximum absolute atomic E-state index is 12.6. The van der Waals surface area contributed by atoms with Crippen LogP contribution in [0.25, 0.3) is 0 Å². The highest BCUT2D eigenvalue weighted by Gasteiger charge is 2.08. The second-order valence-electron chi connectivity index (χ2n) is 6.91. The van der Waals surface area contributed by atoms with Gasteiger partial charge in [-0.2, -0.15) is 0 Å². The maximum atomic E-state index is 12.6. The summed E-state index contributed by atoms with van der Waals surface area (Å²) in [5, 5.41) is 0. The van der Waals surface area contributed by atoms with E-state index in [1.807, 2.05) is 13.0 Å². The lowest BCUT2D eigenvalue weighted by atomic mass is 9.90. The summed E-state index contributed by atoms with van der Waals surface area (Å²) in [6.45, 7) is 11.9. The van der Waals surface area contributed by atoms with Gasteiger partial charge in [-0.3, -0.25) is 0 Å². The molecule has 128 valence electrons. The van der Waals surface area contributed by atoms with Crippen molar-refractivity contribution in [3.8, 4) is 0 Å². The van der Waals surface area contributed by atoms with Gasteiger partial charge in [-0.15, -0.1) is 0 Å². The standard InChI is InChI=1S/C12H24.C9H13F/c1-11-7-4-3-5-8-12(2)10-6-9-11;1-4-5-6-7-9(10)8(2)3/h11-12H,3-10H2,1-2H3;5-7H,2,4H2,1,3H3/b;6-5-,9-7+/t11-,12?;/m1./s1. The number of hydrogen-bond acceptors (Lipinski definition) is 0. The predicted octanol–water partition coefficient (Wildman–Crippen LogP) is 7.78. The molecule has 0 heterocycles. The van der Waals surface area contributed by atoms with Gasteiger partial charge in [0.05, 0.1) is 0 Å². The third-order valence-electron chi connectivity index (χ3n) is 4.31. The van der Waals surface area contributed by atoms with Gasteiger partial charge in [0.1, 0.15) is 5.83 Å².